The van der Waals surface area contributed by atoms with Crippen LogP contribution in [0.5, 0.6) is 11.5 Å². The molecule has 0 saturated heterocycles. The minimum Gasteiger partial charge on any atom is -0.478 e. The molecule has 5 aromatic rings. The summed E-state index contributed by atoms with van der Waals surface area (Å²) in [5.41, 5.74) is 2.68. The Morgan fingerprint density at radius 1 is 0.892 bits per heavy atom. The third-order valence-corrected chi connectivity index (χ3v) is 7.10. The molecule has 5 rings (SSSR count). The fraction of sp³-hybridized carbons (Fsp3) is 0.0357. The highest BCUT2D eigenvalue weighted by atomic mass is 35.5. The van der Waals surface area contributed by atoms with Crippen molar-refractivity contribution >= 4 is 46.2 Å². The van der Waals surface area contributed by atoms with E-state index in [9.17, 15) is 9.90 Å². The molecule has 37 heavy (non-hydrogen) atoms. The Hall–Kier alpha value is -3.91. The van der Waals surface area contributed by atoms with Crippen molar-refractivity contribution in [2.75, 3.05) is 0 Å². The van der Waals surface area contributed by atoms with Crippen LogP contribution in [0.25, 0.3) is 10.6 Å². The van der Waals surface area contributed by atoms with E-state index in [2.05, 4.69) is 0 Å². The van der Waals surface area contributed by atoms with Gasteiger partial charge in [0, 0.05) is 5.56 Å². The average molecular weight is 548 g/mol. The first-order chi connectivity index (χ1) is 17.9. The molecule has 0 aliphatic carbocycles. The number of rotatable bonds is 7. The summed E-state index contributed by atoms with van der Waals surface area (Å²) in [4.78, 5) is 16.6. The Balaban J connectivity index is 1.49. The molecule has 0 spiro atoms. The molecule has 1 N–H and O–H groups in total. The second-order valence-corrected chi connectivity index (χ2v) is 9.77. The average Bonchev–Trinajstić information content (AvgIpc) is 3.29. The third kappa shape index (κ3) is 6.09. The smallest absolute Gasteiger partial charge is 0.335 e. The molecule has 0 bridgehead atoms. The first kappa shape index (κ1) is 24.8. The Labute approximate surface area is 226 Å². The zero-order chi connectivity index (χ0) is 25.8. The zero-order valence-electron chi connectivity index (χ0n) is 19.2. The van der Waals surface area contributed by atoms with Gasteiger partial charge in [-0.1, -0.05) is 64.9 Å². The standard InChI is InChI=1S/C28H19Cl2N3O3S/c29-24-15-12-21(16-25(24)30)31-28-33(17-18-6-8-20(9-7-18)27(34)35)32-26(37-28)19-10-13-23(14-11-19)36-22-4-2-1-3-5-22/h1-16H,17H2,(H,34,35). The number of carbonyl (C=O) groups is 1. The van der Waals surface area contributed by atoms with Gasteiger partial charge in [-0.2, -0.15) is 5.10 Å². The molecule has 0 saturated carbocycles. The summed E-state index contributed by atoms with van der Waals surface area (Å²) in [7, 11) is 0. The first-order valence-corrected chi connectivity index (χ1v) is 12.8. The van der Waals surface area contributed by atoms with Gasteiger partial charge in [0.1, 0.15) is 16.5 Å². The van der Waals surface area contributed by atoms with Crippen molar-refractivity contribution in [1.29, 1.82) is 0 Å². The lowest BCUT2D eigenvalue weighted by molar-refractivity contribution is 0.0697. The van der Waals surface area contributed by atoms with E-state index in [1.54, 1.807) is 47.1 Å². The van der Waals surface area contributed by atoms with Crippen LogP contribution >= 0.6 is 34.5 Å². The maximum atomic E-state index is 11.2. The van der Waals surface area contributed by atoms with Crippen LogP contribution in [-0.2, 0) is 6.54 Å². The second kappa shape index (κ2) is 11.0. The van der Waals surface area contributed by atoms with Gasteiger partial charge in [0.2, 0.25) is 4.80 Å². The Morgan fingerprint density at radius 2 is 1.59 bits per heavy atom. The minimum atomic E-state index is -0.967. The number of carboxylic acids is 1. The summed E-state index contributed by atoms with van der Waals surface area (Å²) >= 11 is 13.7. The Kier molecular flexibility index (Phi) is 7.37. The van der Waals surface area contributed by atoms with E-state index in [0.717, 1.165) is 27.6 Å². The molecular weight excluding hydrogens is 529 g/mol. The molecule has 0 aliphatic rings. The molecule has 9 heteroatoms. The molecule has 4 aromatic carbocycles. The first-order valence-electron chi connectivity index (χ1n) is 11.2. The van der Waals surface area contributed by atoms with Crippen LogP contribution in [-0.4, -0.2) is 20.9 Å². The molecular formula is C28H19Cl2N3O3S. The van der Waals surface area contributed by atoms with Gasteiger partial charge in [-0.15, -0.1) is 0 Å². The number of aromatic nitrogens is 2. The predicted octanol–water partition coefficient (Wildman–Crippen LogP) is 7.69. The molecule has 1 heterocycles. The molecule has 0 atom stereocenters. The lowest BCUT2D eigenvalue weighted by Crippen LogP contribution is -2.17. The van der Waals surface area contributed by atoms with Crippen molar-refractivity contribution < 1.29 is 14.6 Å². The summed E-state index contributed by atoms with van der Waals surface area (Å²) in [6.07, 6.45) is 0. The third-order valence-electron chi connectivity index (χ3n) is 5.36. The topological polar surface area (TPSA) is 76.7 Å². The fourth-order valence-corrected chi connectivity index (χ4v) is 4.71. The van der Waals surface area contributed by atoms with Crippen LogP contribution in [0.3, 0.4) is 0 Å². The highest BCUT2D eigenvalue weighted by Gasteiger charge is 2.11. The molecule has 1 aromatic heterocycles. The SMILES string of the molecule is O=C(O)c1ccc(Cn2nc(-c3ccc(Oc4ccccc4)cc3)sc2=Nc2ccc(Cl)c(Cl)c2)cc1. The normalized spacial score (nSPS) is 11.5. The van der Waals surface area contributed by atoms with Crippen molar-refractivity contribution in [3.63, 3.8) is 0 Å². The number of carboxylic acid groups (broad SMARTS) is 1. The second-order valence-electron chi connectivity index (χ2n) is 8.00. The van der Waals surface area contributed by atoms with Gasteiger partial charge in [-0.25, -0.2) is 14.5 Å². The maximum absolute atomic E-state index is 11.2. The van der Waals surface area contributed by atoms with E-state index in [4.69, 9.17) is 38.0 Å². The summed E-state index contributed by atoms with van der Waals surface area (Å²) in [5, 5.41) is 15.6. The van der Waals surface area contributed by atoms with E-state index in [1.165, 1.54) is 11.3 Å². The van der Waals surface area contributed by atoms with Crippen LogP contribution in [0.1, 0.15) is 15.9 Å². The number of ether oxygens (including phenoxy) is 1. The summed E-state index contributed by atoms with van der Waals surface area (Å²) in [5.74, 6) is 0.516. The predicted molar refractivity (Wildman–Crippen MR) is 146 cm³/mol. The number of halogens is 2. The van der Waals surface area contributed by atoms with Gasteiger partial charge in [-0.3, -0.25) is 0 Å². The van der Waals surface area contributed by atoms with Crippen molar-refractivity contribution in [2.24, 2.45) is 4.99 Å². The van der Waals surface area contributed by atoms with Gasteiger partial charge in [0.25, 0.3) is 0 Å². The van der Waals surface area contributed by atoms with E-state index in [1.807, 2.05) is 54.6 Å². The van der Waals surface area contributed by atoms with Gasteiger partial charge >= 0.3 is 5.97 Å². The quantitative estimate of drug-likeness (QED) is 0.226. The highest BCUT2D eigenvalue weighted by Crippen LogP contribution is 2.28. The number of benzene rings is 4. The molecule has 0 unspecified atom stereocenters. The Morgan fingerprint density at radius 3 is 2.27 bits per heavy atom. The summed E-state index contributed by atoms with van der Waals surface area (Å²) in [6.45, 7) is 0.408. The molecule has 6 nitrogen and oxygen atoms in total. The summed E-state index contributed by atoms with van der Waals surface area (Å²) < 4.78 is 7.68. The minimum absolute atomic E-state index is 0.228. The van der Waals surface area contributed by atoms with Crippen molar-refractivity contribution in [1.82, 2.24) is 9.78 Å². The van der Waals surface area contributed by atoms with Crippen LogP contribution in [0.4, 0.5) is 5.69 Å². The monoisotopic (exact) mass is 547 g/mol. The van der Waals surface area contributed by atoms with Crippen LogP contribution in [0.15, 0.2) is 102 Å². The van der Waals surface area contributed by atoms with Crippen LogP contribution in [0, 0.1) is 0 Å². The lowest BCUT2D eigenvalue weighted by atomic mass is 10.1. The number of para-hydroxylation sites is 1. The van der Waals surface area contributed by atoms with E-state index < -0.39 is 5.97 Å². The van der Waals surface area contributed by atoms with Gasteiger partial charge in [0.15, 0.2) is 0 Å². The molecule has 184 valence electrons. The van der Waals surface area contributed by atoms with Crippen LogP contribution < -0.4 is 9.54 Å². The largest absolute Gasteiger partial charge is 0.478 e. The van der Waals surface area contributed by atoms with Gasteiger partial charge in [-0.05, 0) is 72.3 Å². The fourth-order valence-electron chi connectivity index (χ4n) is 3.49. The molecule has 0 amide bonds. The van der Waals surface area contributed by atoms with Crippen LogP contribution in [0.2, 0.25) is 10.0 Å². The number of hydrogen-bond donors (Lipinski definition) is 1. The van der Waals surface area contributed by atoms with Gasteiger partial charge in [0.05, 0.1) is 27.8 Å². The molecule has 0 radical (unpaired) electrons. The van der Waals surface area contributed by atoms with Crippen molar-refractivity contribution in [3.05, 3.63) is 123 Å². The van der Waals surface area contributed by atoms with E-state index in [-0.39, 0.29) is 5.56 Å². The van der Waals surface area contributed by atoms with Gasteiger partial charge < -0.3 is 9.84 Å². The van der Waals surface area contributed by atoms with Crippen molar-refractivity contribution in [2.45, 2.75) is 6.54 Å². The Bertz CT molecular complexity index is 1610. The lowest BCUT2D eigenvalue weighted by Gasteiger charge is -2.05. The van der Waals surface area contributed by atoms with E-state index in [0.29, 0.717) is 27.1 Å². The highest BCUT2D eigenvalue weighted by molar-refractivity contribution is 7.12. The van der Waals surface area contributed by atoms with E-state index >= 15 is 0 Å². The maximum Gasteiger partial charge on any atom is 0.335 e. The number of aromatic carboxylic acids is 1. The summed E-state index contributed by atoms with van der Waals surface area (Å²) in [6, 6.07) is 29.2. The number of hydrogen-bond acceptors (Lipinski definition) is 5. The van der Waals surface area contributed by atoms with Crippen molar-refractivity contribution in [3.8, 4) is 22.1 Å². The molecule has 0 aliphatic heterocycles. The number of nitrogens with zero attached hydrogens (tertiary/aromatic N) is 3. The zero-order valence-corrected chi connectivity index (χ0v) is 21.5. The molecule has 0 fully saturated rings.